The van der Waals surface area contributed by atoms with Gasteiger partial charge in [-0.2, -0.15) is 13.2 Å². The Morgan fingerprint density at radius 3 is 2.56 bits per heavy atom. The van der Waals surface area contributed by atoms with Gasteiger partial charge in [-0.15, -0.1) is 0 Å². The number of hydrogen-bond acceptors (Lipinski definition) is 3. The molecule has 1 amide bonds. The van der Waals surface area contributed by atoms with Gasteiger partial charge in [-0.25, -0.2) is 5.48 Å². The van der Waals surface area contributed by atoms with Gasteiger partial charge >= 0.3 is 6.18 Å². The number of ether oxygens (including phenoxy) is 1. The monoisotopic (exact) mass is 269 g/mol. The third-order valence-electron chi connectivity index (χ3n) is 3.09. The van der Waals surface area contributed by atoms with Crippen LogP contribution in [0.4, 0.5) is 13.2 Å². The van der Waals surface area contributed by atoms with E-state index < -0.39 is 23.9 Å². The number of hydrogen-bond donors (Lipinski definition) is 1. The predicted octanol–water partition coefficient (Wildman–Crippen LogP) is 2.05. The molecule has 2 atom stereocenters. The lowest BCUT2D eigenvalue weighted by molar-refractivity contribution is -0.201. The number of nitrogens with one attached hydrogen (secondary N) is 1. The summed E-state index contributed by atoms with van der Waals surface area (Å²) >= 11 is 0. The summed E-state index contributed by atoms with van der Waals surface area (Å²) in [5, 5.41) is 0. The van der Waals surface area contributed by atoms with Crippen LogP contribution in [0.3, 0.4) is 0 Å². The van der Waals surface area contributed by atoms with Crippen LogP contribution in [0.15, 0.2) is 0 Å². The van der Waals surface area contributed by atoms with E-state index in [4.69, 9.17) is 4.84 Å². The van der Waals surface area contributed by atoms with Gasteiger partial charge in [0.25, 0.3) is 0 Å². The Kier molecular flexibility index (Phi) is 5.87. The van der Waals surface area contributed by atoms with Crippen molar-refractivity contribution >= 4 is 5.91 Å². The van der Waals surface area contributed by atoms with Gasteiger partial charge in [-0.1, -0.05) is 12.8 Å². The van der Waals surface area contributed by atoms with E-state index in [9.17, 15) is 18.0 Å². The lowest BCUT2D eigenvalue weighted by atomic mass is 9.78. The van der Waals surface area contributed by atoms with Crippen LogP contribution >= 0.6 is 0 Å². The first-order valence-corrected chi connectivity index (χ1v) is 5.94. The van der Waals surface area contributed by atoms with Crippen LogP contribution in [-0.2, 0) is 14.4 Å². The van der Waals surface area contributed by atoms with Gasteiger partial charge in [0, 0.05) is 7.11 Å². The quantitative estimate of drug-likeness (QED) is 0.614. The van der Waals surface area contributed by atoms with Crippen molar-refractivity contribution in [2.75, 3.05) is 20.3 Å². The highest BCUT2D eigenvalue weighted by atomic mass is 19.4. The largest absolute Gasteiger partial charge is 0.392 e. The van der Waals surface area contributed by atoms with E-state index in [1.807, 2.05) is 0 Å². The summed E-state index contributed by atoms with van der Waals surface area (Å²) in [4.78, 5) is 16.4. The second kappa shape index (κ2) is 6.94. The van der Waals surface area contributed by atoms with Gasteiger partial charge in [0.1, 0.15) is 0 Å². The molecule has 1 rings (SSSR count). The van der Waals surface area contributed by atoms with Crippen molar-refractivity contribution < 1.29 is 27.5 Å². The Labute approximate surface area is 104 Å². The Morgan fingerprint density at radius 2 is 1.94 bits per heavy atom. The molecule has 106 valence electrons. The molecule has 0 bridgehead atoms. The lowest BCUT2D eigenvalue weighted by Crippen LogP contribution is -2.42. The molecule has 7 heteroatoms. The fourth-order valence-corrected chi connectivity index (χ4v) is 2.16. The maximum Gasteiger partial charge on any atom is 0.392 e. The molecule has 0 radical (unpaired) electrons. The molecule has 0 aromatic rings. The first kappa shape index (κ1) is 15.2. The summed E-state index contributed by atoms with van der Waals surface area (Å²) in [5.74, 6) is -3.29. The van der Waals surface area contributed by atoms with Crippen LogP contribution < -0.4 is 5.48 Å². The van der Waals surface area contributed by atoms with Crippen molar-refractivity contribution in [3.63, 3.8) is 0 Å². The smallest absolute Gasteiger partial charge is 0.382 e. The van der Waals surface area contributed by atoms with E-state index in [1.54, 1.807) is 0 Å². The molecule has 18 heavy (non-hydrogen) atoms. The molecule has 0 aromatic carbocycles. The molecule has 0 saturated heterocycles. The van der Waals surface area contributed by atoms with Crippen molar-refractivity contribution in [3.8, 4) is 0 Å². The van der Waals surface area contributed by atoms with Crippen LogP contribution in [0.2, 0.25) is 0 Å². The molecule has 2 unspecified atom stereocenters. The summed E-state index contributed by atoms with van der Waals surface area (Å²) in [5.41, 5.74) is 2.07. The second-order valence-corrected chi connectivity index (χ2v) is 4.35. The SMILES string of the molecule is COCCONC(=O)C1CCCCC1C(F)(F)F. The van der Waals surface area contributed by atoms with Gasteiger partial charge in [-0.05, 0) is 12.8 Å². The van der Waals surface area contributed by atoms with Crippen molar-refractivity contribution in [2.45, 2.75) is 31.9 Å². The van der Waals surface area contributed by atoms with Gasteiger partial charge in [-0.3, -0.25) is 9.63 Å². The van der Waals surface area contributed by atoms with Crippen LogP contribution in [0.25, 0.3) is 0 Å². The molecule has 1 fully saturated rings. The molecule has 1 saturated carbocycles. The molecule has 0 aliphatic heterocycles. The first-order valence-electron chi connectivity index (χ1n) is 5.94. The number of carbonyl (C=O) groups is 1. The minimum atomic E-state index is -4.32. The zero-order chi connectivity index (χ0) is 13.6. The highest BCUT2D eigenvalue weighted by Crippen LogP contribution is 2.41. The van der Waals surface area contributed by atoms with Gasteiger partial charge in [0.05, 0.1) is 25.0 Å². The predicted molar refractivity (Wildman–Crippen MR) is 57.5 cm³/mol. The van der Waals surface area contributed by atoms with Gasteiger partial charge < -0.3 is 4.74 Å². The minimum absolute atomic E-state index is 0.0135. The number of amides is 1. The van der Waals surface area contributed by atoms with E-state index in [-0.39, 0.29) is 26.1 Å². The van der Waals surface area contributed by atoms with Crippen LogP contribution in [-0.4, -0.2) is 32.4 Å². The van der Waals surface area contributed by atoms with Gasteiger partial charge in [0.15, 0.2) is 0 Å². The molecule has 0 heterocycles. The van der Waals surface area contributed by atoms with Crippen LogP contribution in [0.5, 0.6) is 0 Å². The maximum absolute atomic E-state index is 12.8. The zero-order valence-electron chi connectivity index (χ0n) is 10.3. The van der Waals surface area contributed by atoms with Gasteiger partial charge in [0.2, 0.25) is 5.91 Å². The van der Waals surface area contributed by atoms with E-state index in [1.165, 1.54) is 7.11 Å². The highest BCUT2D eigenvalue weighted by molar-refractivity contribution is 5.78. The van der Waals surface area contributed by atoms with Crippen molar-refractivity contribution in [1.82, 2.24) is 5.48 Å². The summed E-state index contributed by atoms with van der Waals surface area (Å²) in [6.07, 6.45) is -2.90. The molecular weight excluding hydrogens is 251 g/mol. The molecule has 4 nitrogen and oxygen atoms in total. The van der Waals surface area contributed by atoms with Crippen molar-refractivity contribution in [3.05, 3.63) is 0 Å². The van der Waals surface area contributed by atoms with Crippen LogP contribution in [0, 0.1) is 11.8 Å². The molecule has 1 N–H and O–H groups in total. The van der Waals surface area contributed by atoms with E-state index in [2.05, 4.69) is 10.2 Å². The fourth-order valence-electron chi connectivity index (χ4n) is 2.16. The average Bonchev–Trinajstić information content (AvgIpc) is 2.33. The summed E-state index contributed by atoms with van der Waals surface area (Å²) in [6, 6.07) is 0. The van der Waals surface area contributed by atoms with E-state index >= 15 is 0 Å². The Morgan fingerprint density at radius 1 is 1.28 bits per heavy atom. The third-order valence-corrected chi connectivity index (χ3v) is 3.09. The Balaban J connectivity index is 2.47. The number of carbonyl (C=O) groups excluding carboxylic acids is 1. The molecular formula is C11H18F3NO3. The molecule has 0 spiro atoms. The number of halogens is 3. The highest BCUT2D eigenvalue weighted by Gasteiger charge is 2.48. The number of methoxy groups -OCH3 is 1. The van der Waals surface area contributed by atoms with E-state index in [0.29, 0.717) is 12.8 Å². The zero-order valence-corrected chi connectivity index (χ0v) is 10.3. The number of hydroxylamine groups is 1. The second-order valence-electron chi connectivity index (χ2n) is 4.35. The molecule has 0 aromatic heterocycles. The third kappa shape index (κ3) is 4.45. The van der Waals surface area contributed by atoms with Crippen molar-refractivity contribution in [2.24, 2.45) is 11.8 Å². The van der Waals surface area contributed by atoms with E-state index in [0.717, 1.165) is 0 Å². The van der Waals surface area contributed by atoms with Crippen LogP contribution in [0.1, 0.15) is 25.7 Å². The minimum Gasteiger partial charge on any atom is -0.382 e. The molecule has 1 aliphatic rings. The topological polar surface area (TPSA) is 47.6 Å². The summed E-state index contributed by atoms with van der Waals surface area (Å²) in [6.45, 7) is 0.388. The Bertz CT molecular complexity index is 271. The average molecular weight is 269 g/mol. The maximum atomic E-state index is 12.8. The molecule has 1 aliphatic carbocycles. The first-order chi connectivity index (χ1) is 8.46. The van der Waals surface area contributed by atoms with Crippen molar-refractivity contribution in [1.29, 1.82) is 0 Å². The fraction of sp³-hybridized carbons (Fsp3) is 0.909. The lowest BCUT2D eigenvalue weighted by Gasteiger charge is -2.31. The standard InChI is InChI=1S/C11H18F3NO3/c1-17-6-7-18-15-10(16)8-4-2-3-5-9(8)11(12,13)14/h8-9H,2-7H2,1H3,(H,15,16). The summed E-state index contributed by atoms with van der Waals surface area (Å²) in [7, 11) is 1.46. The summed E-state index contributed by atoms with van der Waals surface area (Å²) < 4.78 is 42.9. The number of alkyl halides is 3. The normalized spacial score (nSPS) is 24.9. The Hall–Kier alpha value is -0.820. The number of rotatable bonds is 5.